The maximum Gasteiger partial charge on any atom is 0.156 e. The minimum absolute atomic E-state index is 0.601. The Morgan fingerprint density at radius 3 is 2.84 bits per heavy atom. The van der Waals surface area contributed by atoms with Crippen LogP contribution >= 0.6 is 23.2 Å². The van der Waals surface area contributed by atoms with Crippen LogP contribution in [0.25, 0.3) is 5.65 Å². The Hall–Kier alpha value is -0.770. The molecule has 0 atom stereocenters. The van der Waals surface area contributed by atoms with Crippen LogP contribution in [-0.4, -0.2) is 27.4 Å². The van der Waals surface area contributed by atoms with Crippen LogP contribution in [-0.2, 0) is 6.54 Å². The fraction of sp³-hybridized carbons (Fsp3) is 0.500. The van der Waals surface area contributed by atoms with E-state index in [0.29, 0.717) is 10.0 Å². The highest BCUT2D eigenvalue weighted by Gasteiger charge is 2.24. The lowest BCUT2D eigenvalue weighted by Crippen LogP contribution is -2.25. The molecule has 3 rings (SSSR count). The van der Waals surface area contributed by atoms with Gasteiger partial charge in [-0.1, -0.05) is 30.1 Å². The van der Waals surface area contributed by atoms with Gasteiger partial charge in [-0.25, -0.2) is 4.98 Å². The molecular formula is C14H17Cl2N3. The molecule has 0 unspecified atom stereocenters. The molecule has 5 heteroatoms. The molecule has 2 heterocycles. The van der Waals surface area contributed by atoms with Gasteiger partial charge in [0.05, 0.1) is 15.7 Å². The highest BCUT2D eigenvalue weighted by Crippen LogP contribution is 2.30. The van der Waals surface area contributed by atoms with E-state index in [2.05, 4.69) is 16.8 Å². The summed E-state index contributed by atoms with van der Waals surface area (Å²) < 4.78 is 1.91. The molecule has 0 N–H and O–H groups in total. The summed E-state index contributed by atoms with van der Waals surface area (Å²) in [7, 11) is 0. The smallest absolute Gasteiger partial charge is 0.156 e. The molecule has 2 aromatic heterocycles. The Bertz CT molecular complexity index is 590. The Balaban J connectivity index is 1.81. The zero-order valence-corrected chi connectivity index (χ0v) is 12.5. The fourth-order valence-electron chi connectivity index (χ4n) is 2.35. The maximum atomic E-state index is 6.16. The predicted molar refractivity (Wildman–Crippen MR) is 78.9 cm³/mol. The molecule has 0 amide bonds. The Morgan fingerprint density at radius 2 is 2.16 bits per heavy atom. The largest absolute Gasteiger partial charge is 0.304 e. The average Bonchev–Trinajstić information content (AvgIpc) is 3.07. The first-order valence-electron chi connectivity index (χ1n) is 6.70. The molecule has 102 valence electrons. The molecule has 0 aromatic carbocycles. The molecule has 0 spiro atoms. The van der Waals surface area contributed by atoms with Crippen molar-refractivity contribution in [1.29, 1.82) is 0 Å². The second-order valence-corrected chi connectivity index (χ2v) is 6.08. The number of aromatic nitrogens is 2. The van der Waals surface area contributed by atoms with Gasteiger partial charge in [0.2, 0.25) is 0 Å². The Kier molecular flexibility index (Phi) is 3.70. The van der Waals surface area contributed by atoms with Crippen molar-refractivity contribution in [3.8, 4) is 0 Å². The molecule has 3 nitrogen and oxygen atoms in total. The first-order valence-corrected chi connectivity index (χ1v) is 7.46. The van der Waals surface area contributed by atoms with E-state index in [0.717, 1.165) is 30.3 Å². The lowest BCUT2D eigenvalue weighted by atomic mass is 10.3. The summed E-state index contributed by atoms with van der Waals surface area (Å²) in [5, 5.41) is 1.23. The lowest BCUT2D eigenvalue weighted by Gasteiger charge is -2.18. The Morgan fingerprint density at radius 1 is 1.37 bits per heavy atom. The van der Waals surface area contributed by atoms with Gasteiger partial charge in [0.1, 0.15) is 0 Å². The number of imidazole rings is 1. The van der Waals surface area contributed by atoms with E-state index in [-0.39, 0.29) is 0 Å². The summed E-state index contributed by atoms with van der Waals surface area (Å²) >= 11 is 12.2. The number of fused-ring (bicyclic) bond motifs is 1. The zero-order valence-electron chi connectivity index (χ0n) is 10.9. The molecular weight excluding hydrogens is 281 g/mol. The summed E-state index contributed by atoms with van der Waals surface area (Å²) in [4.78, 5) is 7.04. The second-order valence-electron chi connectivity index (χ2n) is 5.24. The summed E-state index contributed by atoms with van der Waals surface area (Å²) in [5.74, 6) is 0.898. The van der Waals surface area contributed by atoms with Crippen molar-refractivity contribution in [3.63, 3.8) is 0 Å². The molecule has 1 aliphatic carbocycles. The van der Waals surface area contributed by atoms with Gasteiger partial charge in [-0.05, 0) is 31.4 Å². The van der Waals surface area contributed by atoms with Crippen molar-refractivity contribution >= 4 is 28.8 Å². The van der Waals surface area contributed by atoms with Crippen LogP contribution in [0.2, 0.25) is 10.0 Å². The standard InChI is InChI=1S/C14H17Cl2N3/c1-2-18(6-10-3-4-10)8-12-9-19-7-11(15)5-13(16)14(19)17-12/h5,7,9-10H,2-4,6,8H2,1H3. The molecule has 19 heavy (non-hydrogen) atoms. The Labute approximate surface area is 123 Å². The molecule has 1 fully saturated rings. The first kappa shape index (κ1) is 13.2. The molecule has 1 aliphatic rings. The maximum absolute atomic E-state index is 6.16. The van der Waals surface area contributed by atoms with E-state index < -0.39 is 0 Å². The molecule has 0 radical (unpaired) electrons. The predicted octanol–water partition coefficient (Wildman–Crippen LogP) is 3.87. The number of pyridine rings is 1. The summed E-state index contributed by atoms with van der Waals surface area (Å²) in [6.45, 7) is 5.31. The number of rotatable bonds is 5. The van der Waals surface area contributed by atoms with Gasteiger partial charge in [-0.15, -0.1) is 0 Å². The lowest BCUT2D eigenvalue weighted by molar-refractivity contribution is 0.266. The summed E-state index contributed by atoms with van der Waals surface area (Å²) in [6, 6.07) is 1.73. The van der Waals surface area contributed by atoms with Gasteiger partial charge in [0, 0.05) is 25.5 Å². The van der Waals surface area contributed by atoms with E-state index in [9.17, 15) is 0 Å². The molecule has 0 saturated heterocycles. The van der Waals surface area contributed by atoms with Gasteiger partial charge in [0.15, 0.2) is 5.65 Å². The van der Waals surface area contributed by atoms with Gasteiger partial charge in [0.25, 0.3) is 0 Å². The third kappa shape index (κ3) is 3.04. The number of hydrogen-bond donors (Lipinski definition) is 0. The van der Waals surface area contributed by atoms with Gasteiger partial charge < -0.3 is 4.40 Å². The molecule has 2 aromatic rings. The highest BCUT2D eigenvalue weighted by molar-refractivity contribution is 6.36. The van der Waals surface area contributed by atoms with Crippen LogP contribution in [0.15, 0.2) is 18.5 Å². The third-order valence-electron chi connectivity index (χ3n) is 3.57. The zero-order chi connectivity index (χ0) is 13.4. The van der Waals surface area contributed by atoms with Crippen molar-refractivity contribution < 1.29 is 0 Å². The monoisotopic (exact) mass is 297 g/mol. The quantitative estimate of drug-likeness (QED) is 0.835. The fourth-order valence-corrected chi connectivity index (χ4v) is 2.88. The van der Waals surface area contributed by atoms with Crippen LogP contribution in [0.1, 0.15) is 25.5 Å². The van der Waals surface area contributed by atoms with Gasteiger partial charge in [-0.3, -0.25) is 4.90 Å². The summed E-state index contributed by atoms with van der Waals surface area (Å²) in [5.41, 5.74) is 1.83. The number of hydrogen-bond acceptors (Lipinski definition) is 2. The third-order valence-corrected chi connectivity index (χ3v) is 4.05. The van der Waals surface area contributed by atoms with E-state index in [1.807, 2.05) is 16.8 Å². The van der Waals surface area contributed by atoms with E-state index >= 15 is 0 Å². The molecule has 0 bridgehead atoms. The van der Waals surface area contributed by atoms with Crippen molar-refractivity contribution in [3.05, 3.63) is 34.2 Å². The van der Waals surface area contributed by atoms with Crippen molar-refractivity contribution in [1.82, 2.24) is 14.3 Å². The molecule has 1 saturated carbocycles. The SMILES string of the molecule is CCN(Cc1cn2cc(Cl)cc(Cl)c2n1)CC1CC1. The van der Waals surface area contributed by atoms with Gasteiger partial charge in [-0.2, -0.15) is 0 Å². The van der Waals surface area contributed by atoms with Crippen LogP contribution in [0.4, 0.5) is 0 Å². The topological polar surface area (TPSA) is 20.5 Å². The van der Waals surface area contributed by atoms with Crippen LogP contribution in [0, 0.1) is 5.92 Å². The number of nitrogens with zero attached hydrogens (tertiary/aromatic N) is 3. The van der Waals surface area contributed by atoms with E-state index in [1.165, 1.54) is 19.4 Å². The molecule has 0 aliphatic heterocycles. The number of halogens is 2. The van der Waals surface area contributed by atoms with Crippen molar-refractivity contribution in [2.45, 2.75) is 26.3 Å². The van der Waals surface area contributed by atoms with Gasteiger partial charge >= 0.3 is 0 Å². The van der Waals surface area contributed by atoms with Crippen LogP contribution in [0.5, 0.6) is 0 Å². The van der Waals surface area contributed by atoms with E-state index in [4.69, 9.17) is 23.2 Å². The minimum Gasteiger partial charge on any atom is -0.304 e. The highest BCUT2D eigenvalue weighted by atomic mass is 35.5. The van der Waals surface area contributed by atoms with Crippen LogP contribution < -0.4 is 0 Å². The second kappa shape index (κ2) is 5.31. The van der Waals surface area contributed by atoms with Crippen LogP contribution in [0.3, 0.4) is 0 Å². The normalized spacial score (nSPS) is 15.6. The van der Waals surface area contributed by atoms with Crippen molar-refractivity contribution in [2.24, 2.45) is 5.92 Å². The van der Waals surface area contributed by atoms with Crippen molar-refractivity contribution in [2.75, 3.05) is 13.1 Å². The van der Waals surface area contributed by atoms with E-state index in [1.54, 1.807) is 6.07 Å². The summed E-state index contributed by atoms with van der Waals surface area (Å²) in [6.07, 6.45) is 6.62. The average molecular weight is 298 g/mol. The minimum atomic E-state index is 0.601. The first-order chi connectivity index (χ1) is 9.15.